The minimum absolute atomic E-state index is 0.208. The first-order valence-electron chi connectivity index (χ1n) is 10.7. The van der Waals surface area contributed by atoms with Crippen LogP contribution in [0, 0.1) is 12.7 Å². The molecule has 1 aromatic heterocycles. The lowest BCUT2D eigenvalue weighted by molar-refractivity contribution is -0.119. The third-order valence-electron chi connectivity index (χ3n) is 5.52. The molecule has 1 fully saturated rings. The van der Waals surface area contributed by atoms with Crippen LogP contribution in [0.3, 0.4) is 0 Å². The number of nitrogens with zero attached hydrogens (tertiary/aromatic N) is 4. The van der Waals surface area contributed by atoms with Gasteiger partial charge in [-0.25, -0.2) is 19.2 Å². The minimum Gasteiger partial charge on any atom is -0.442 e. The minimum atomic E-state index is -0.570. The SMILES string of the molecule is CC(=O)NC[C@H]1CN(c2ccc(-c3ccc(Cn4cnc(C)c4/N=C\N)cc3)c(F)c2)C(=O)O1. The number of ether oxygens (including phenoxy) is 1. The Kier molecular flexibility index (Phi) is 6.58. The van der Waals surface area contributed by atoms with Crippen LogP contribution in [-0.2, 0) is 16.1 Å². The fourth-order valence-corrected chi connectivity index (χ4v) is 3.82. The van der Waals surface area contributed by atoms with Crippen LogP contribution in [0.1, 0.15) is 18.2 Å². The monoisotopic (exact) mass is 464 g/mol. The highest BCUT2D eigenvalue weighted by molar-refractivity contribution is 5.90. The van der Waals surface area contributed by atoms with Gasteiger partial charge >= 0.3 is 6.09 Å². The van der Waals surface area contributed by atoms with Crippen LogP contribution in [-0.4, -0.2) is 47.1 Å². The third kappa shape index (κ3) is 4.90. The summed E-state index contributed by atoms with van der Waals surface area (Å²) in [4.78, 5) is 33.1. The largest absolute Gasteiger partial charge is 0.442 e. The molecule has 3 N–H and O–H groups in total. The second-order valence-electron chi connectivity index (χ2n) is 7.97. The summed E-state index contributed by atoms with van der Waals surface area (Å²) < 4.78 is 22.1. The van der Waals surface area contributed by atoms with E-state index in [1.54, 1.807) is 18.5 Å². The van der Waals surface area contributed by atoms with Crippen molar-refractivity contribution >= 4 is 29.8 Å². The first-order chi connectivity index (χ1) is 16.4. The van der Waals surface area contributed by atoms with Crippen LogP contribution >= 0.6 is 0 Å². The van der Waals surface area contributed by atoms with E-state index in [0.717, 1.165) is 11.3 Å². The van der Waals surface area contributed by atoms with Gasteiger partial charge in [0.2, 0.25) is 5.91 Å². The number of benzene rings is 2. The van der Waals surface area contributed by atoms with Crippen LogP contribution in [0.4, 0.5) is 20.7 Å². The Bertz CT molecular complexity index is 1240. The normalized spacial score (nSPS) is 15.7. The van der Waals surface area contributed by atoms with Crippen molar-refractivity contribution in [3.05, 3.63) is 65.9 Å². The zero-order valence-electron chi connectivity index (χ0n) is 18.9. The summed E-state index contributed by atoms with van der Waals surface area (Å²) in [5.74, 6) is 0.0293. The van der Waals surface area contributed by atoms with Gasteiger partial charge in [-0.15, -0.1) is 0 Å². The Labute approximate surface area is 196 Å². The number of aryl methyl sites for hydroxylation is 1. The number of carbonyl (C=O) groups is 2. The van der Waals surface area contributed by atoms with E-state index >= 15 is 0 Å². The van der Waals surface area contributed by atoms with E-state index in [2.05, 4.69) is 15.3 Å². The molecule has 0 bridgehead atoms. The summed E-state index contributed by atoms with van der Waals surface area (Å²) >= 11 is 0. The van der Waals surface area contributed by atoms with Crippen molar-refractivity contribution in [1.82, 2.24) is 14.9 Å². The van der Waals surface area contributed by atoms with E-state index in [1.807, 2.05) is 35.8 Å². The number of amides is 2. The van der Waals surface area contributed by atoms with Gasteiger partial charge in [-0.2, -0.15) is 0 Å². The lowest BCUT2D eigenvalue weighted by atomic mass is 10.0. The Morgan fingerprint density at radius 2 is 2.09 bits per heavy atom. The first-order valence-corrected chi connectivity index (χ1v) is 10.7. The van der Waals surface area contributed by atoms with Crippen molar-refractivity contribution in [1.29, 1.82) is 0 Å². The van der Waals surface area contributed by atoms with Gasteiger partial charge in [0.05, 0.1) is 43.7 Å². The van der Waals surface area contributed by atoms with Gasteiger partial charge in [-0.05, 0) is 36.2 Å². The van der Waals surface area contributed by atoms with Gasteiger partial charge in [-0.3, -0.25) is 9.69 Å². The molecule has 0 unspecified atom stereocenters. The van der Waals surface area contributed by atoms with Gasteiger partial charge in [0, 0.05) is 12.5 Å². The molecule has 0 radical (unpaired) electrons. The fraction of sp³-hybridized carbons (Fsp3) is 0.250. The summed E-state index contributed by atoms with van der Waals surface area (Å²) in [5.41, 5.74) is 8.74. The molecule has 1 saturated heterocycles. The predicted octanol–water partition coefficient (Wildman–Crippen LogP) is 3.13. The number of hydrogen-bond donors (Lipinski definition) is 2. The standard InChI is InChI=1S/C24H25FN6O3/c1-15-23(28-13-26)30(14-29-15)11-17-3-5-18(6-4-17)21-8-7-19(9-22(21)25)31-12-20(34-24(31)33)10-27-16(2)32/h3-9,13-14,20H,10-12H2,1-2H3,(H2,26,28)(H,27,32)/t20-/m0/s1. The molecule has 0 saturated carbocycles. The highest BCUT2D eigenvalue weighted by Gasteiger charge is 2.32. The van der Waals surface area contributed by atoms with E-state index in [1.165, 1.54) is 24.2 Å². The highest BCUT2D eigenvalue weighted by Crippen LogP contribution is 2.29. The molecule has 2 aromatic carbocycles. The molecule has 34 heavy (non-hydrogen) atoms. The summed E-state index contributed by atoms with van der Waals surface area (Å²) in [7, 11) is 0. The van der Waals surface area contributed by atoms with E-state index in [4.69, 9.17) is 10.5 Å². The van der Waals surface area contributed by atoms with Gasteiger partial charge in [0.15, 0.2) is 5.82 Å². The Morgan fingerprint density at radius 3 is 2.76 bits per heavy atom. The van der Waals surface area contributed by atoms with Crippen molar-refractivity contribution in [2.45, 2.75) is 26.5 Å². The predicted molar refractivity (Wildman–Crippen MR) is 127 cm³/mol. The molecule has 9 nitrogen and oxygen atoms in total. The van der Waals surface area contributed by atoms with Gasteiger partial charge in [0.25, 0.3) is 0 Å². The lowest BCUT2D eigenvalue weighted by Crippen LogP contribution is -2.33. The molecule has 176 valence electrons. The molecular weight excluding hydrogens is 439 g/mol. The average molecular weight is 465 g/mol. The van der Waals surface area contributed by atoms with Crippen LogP contribution in [0.5, 0.6) is 0 Å². The number of hydrogen-bond acceptors (Lipinski definition) is 5. The molecule has 2 amide bonds. The van der Waals surface area contributed by atoms with Gasteiger partial charge in [0.1, 0.15) is 11.9 Å². The number of rotatable bonds is 7. The van der Waals surface area contributed by atoms with Crippen molar-refractivity contribution in [2.24, 2.45) is 10.7 Å². The molecule has 1 aliphatic heterocycles. The van der Waals surface area contributed by atoms with Crippen molar-refractivity contribution in [3.8, 4) is 11.1 Å². The number of aromatic nitrogens is 2. The second kappa shape index (κ2) is 9.74. The van der Waals surface area contributed by atoms with Gasteiger partial charge < -0.3 is 20.4 Å². The molecule has 1 atom stereocenters. The van der Waals surface area contributed by atoms with E-state index in [0.29, 0.717) is 29.2 Å². The smallest absolute Gasteiger partial charge is 0.414 e. The van der Waals surface area contributed by atoms with Crippen LogP contribution in [0.15, 0.2) is 53.8 Å². The third-order valence-corrected chi connectivity index (χ3v) is 5.52. The number of halogens is 1. The highest BCUT2D eigenvalue weighted by atomic mass is 19.1. The maximum Gasteiger partial charge on any atom is 0.414 e. The van der Waals surface area contributed by atoms with Gasteiger partial charge in [-0.1, -0.05) is 24.3 Å². The fourth-order valence-electron chi connectivity index (χ4n) is 3.82. The maximum atomic E-state index is 15.0. The Morgan fingerprint density at radius 1 is 1.32 bits per heavy atom. The Hall–Kier alpha value is -4.21. The molecule has 1 aliphatic rings. The molecule has 10 heteroatoms. The van der Waals surface area contributed by atoms with Crippen molar-refractivity contribution < 1.29 is 18.7 Å². The number of anilines is 1. The van der Waals surface area contributed by atoms with E-state index in [-0.39, 0.29) is 19.0 Å². The van der Waals surface area contributed by atoms with E-state index < -0.39 is 18.0 Å². The van der Waals surface area contributed by atoms with Crippen molar-refractivity contribution in [2.75, 3.05) is 18.0 Å². The topological polar surface area (TPSA) is 115 Å². The molecular formula is C24H25FN6O3. The second-order valence-corrected chi connectivity index (χ2v) is 7.97. The molecule has 0 aliphatic carbocycles. The van der Waals surface area contributed by atoms with Crippen LogP contribution in [0.2, 0.25) is 0 Å². The quantitative estimate of drug-likeness (QED) is 0.412. The summed E-state index contributed by atoms with van der Waals surface area (Å²) in [6, 6.07) is 12.2. The lowest BCUT2D eigenvalue weighted by Gasteiger charge is -2.15. The zero-order chi connectivity index (χ0) is 24.2. The van der Waals surface area contributed by atoms with Crippen LogP contribution in [0.25, 0.3) is 11.1 Å². The molecule has 0 spiro atoms. The number of nitrogens with two attached hydrogens (primary N) is 1. The summed E-state index contributed by atoms with van der Waals surface area (Å²) in [6.45, 7) is 4.24. The molecule has 3 aromatic rings. The maximum absolute atomic E-state index is 15.0. The Balaban J connectivity index is 1.47. The van der Waals surface area contributed by atoms with Crippen molar-refractivity contribution in [3.63, 3.8) is 0 Å². The average Bonchev–Trinajstić information content (AvgIpc) is 3.35. The number of nitrogens with one attached hydrogen (secondary N) is 1. The number of aliphatic imine (C=N–C) groups is 1. The zero-order valence-corrected chi connectivity index (χ0v) is 18.9. The number of carbonyl (C=O) groups excluding carboxylic acids is 2. The summed E-state index contributed by atoms with van der Waals surface area (Å²) in [6.07, 6.45) is 1.89. The summed E-state index contributed by atoms with van der Waals surface area (Å²) in [5, 5.41) is 2.62. The van der Waals surface area contributed by atoms with E-state index in [9.17, 15) is 14.0 Å². The van der Waals surface area contributed by atoms with Crippen LogP contribution < -0.4 is 16.0 Å². The first kappa shape index (κ1) is 23.0. The molecule has 4 rings (SSSR count). The number of imidazole rings is 1. The number of cyclic esters (lactones) is 1. The molecule has 2 heterocycles.